The fourth-order valence-electron chi connectivity index (χ4n) is 3.71. The van der Waals surface area contributed by atoms with Crippen LogP contribution < -0.4 is 4.31 Å². The van der Waals surface area contributed by atoms with E-state index in [-0.39, 0.29) is 25.0 Å². The van der Waals surface area contributed by atoms with Crippen LogP contribution in [0.3, 0.4) is 0 Å². The van der Waals surface area contributed by atoms with Crippen molar-refractivity contribution in [2.24, 2.45) is 0 Å². The van der Waals surface area contributed by atoms with E-state index in [4.69, 9.17) is 11.6 Å². The molecule has 2 heterocycles. The lowest BCUT2D eigenvalue weighted by atomic mass is 10.1. The Hall–Kier alpha value is -2.17. The van der Waals surface area contributed by atoms with Crippen molar-refractivity contribution in [3.63, 3.8) is 0 Å². The molecule has 0 spiro atoms. The SMILES string of the molecule is CC(C)N1CCCN(S(C)(=O)=O)c2cc(Cl)ccc2CN(C(=O)Cn2cncn2)CC1. The maximum Gasteiger partial charge on any atom is 0.244 e. The Balaban J connectivity index is 1.99. The van der Waals surface area contributed by atoms with Gasteiger partial charge in [0.1, 0.15) is 19.2 Å². The molecule has 1 aromatic carbocycles. The van der Waals surface area contributed by atoms with Crippen LogP contribution in [-0.2, 0) is 27.9 Å². The van der Waals surface area contributed by atoms with Crippen LogP contribution in [0.5, 0.6) is 0 Å². The van der Waals surface area contributed by atoms with Gasteiger partial charge in [-0.05, 0) is 38.0 Å². The van der Waals surface area contributed by atoms with Gasteiger partial charge in [-0.2, -0.15) is 5.10 Å². The minimum atomic E-state index is -3.52. The van der Waals surface area contributed by atoms with Crippen molar-refractivity contribution in [3.8, 4) is 0 Å². The highest BCUT2D eigenvalue weighted by Gasteiger charge is 2.25. The lowest BCUT2D eigenvalue weighted by Crippen LogP contribution is -2.42. The zero-order valence-electron chi connectivity index (χ0n) is 18.1. The average molecular weight is 469 g/mol. The Morgan fingerprint density at radius 3 is 2.61 bits per heavy atom. The predicted molar refractivity (Wildman–Crippen MR) is 120 cm³/mol. The normalized spacial score (nSPS) is 16.8. The number of fused-ring (bicyclic) bond motifs is 1. The molecule has 1 aromatic heterocycles. The minimum absolute atomic E-state index is 0.0698. The Morgan fingerprint density at radius 2 is 1.97 bits per heavy atom. The monoisotopic (exact) mass is 468 g/mol. The Bertz CT molecular complexity index is 996. The molecule has 0 aliphatic carbocycles. The zero-order valence-corrected chi connectivity index (χ0v) is 19.7. The average Bonchev–Trinajstić information content (AvgIpc) is 3.17. The van der Waals surface area contributed by atoms with Crippen molar-refractivity contribution in [2.75, 3.05) is 36.7 Å². The molecule has 0 bridgehead atoms. The molecule has 0 N–H and O–H groups in total. The van der Waals surface area contributed by atoms with Crippen LogP contribution in [0.15, 0.2) is 30.9 Å². The number of nitrogens with zero attached hydrogens (tertiary/aromatic N) is 6. The smallest absolute Gasteiger partial charge is 0.244 e. The molecule has 1 amide bonds. The highest BCUT2D eigenvalue weighted by Crippen LogP contribution is 2.29. The first-order chi connectivity index (χ1) is 14.6. The van der Waals surface area contributed by atoms with Gasteiger partial charge in [-0.25, -0.2) is 18.1 Å². The van der Waals surface area contributed by atoms with Gasteiger partial charge in [0.2, 0.25) is 15.9 Å². The van der Waals surface area contributed by atoms with Crippen LogP contribution in [0.1, 0.15) is 25.8 Å². The summed E-state index contributed by atoms with van der Waals surface area (Å²) in [6, 6.07) is 5.46. The van der Waals surface area contributed by atoms with Crippen molar-refractivity contribution in [1.29, 1.82) is 0 Å². The van der Waals surface area contributed by atoms with E-state index >= 15 is 0 Å². The lowest BCUT2D eigenvalue weighted by Gasteiger charge is -2.30. The summed E-state index contributed by atoms with van der Waals surface area (Å²) < 4.78 is 28.1. The maximum atomic E-state index is 13.1. The molecule has 0 fully saturated rings. The quantitative estimate of drug-likeness (QED) is 0.680. The van der Waals surface area contributed by atoms with Gasteiger partial charge in [-0.1, -0.05) is 17.7 Å². The first-order valence-electron chi connectivity index (χ1n) is 10.3. The summed E-state index contributed by atoms with van der Waals surface area (Å²) in [5, 5.41) is 4.48. The number of benzene rings is 1. The third-order valence-electron chi connectivity index (χ3n) is 5.39. The van der Waals surface area contributed by atoms with Gasteiger partial charge in [0.05, 0.1) is 11.9 Å². The Morgan fingerprint density at radius 1 is 1.19 bits per heavy atom. The van der Waals surface area contributed by atoms with Crippen molar-refractivity contribution in [3.05, 3.63) is 41.4 Å². The van der Waals surface area contributed by atoms with E-state index in [9.17, 15) is 13.2 Å². The number of aromatic nitrogens is 3. The molecular weight excluding hydrogens is 440 g/mol. The summed E-state index contributed by atoms with van der Waals surface area (Å²) in [4.78, 5) is 21.0. The van der Waals surface area contributed by atoms with Crippen molar-refractivity contribution >= 4 is 33.2 Å². The molecule has 0 saturated carbocycles. The summed E-state index contributed by atoms with van der Waals surface area (Å²) >= 11 is 6.22. The number of hydrogen-bond donors (Lipinski definition) is 0. The largest absolute Gasteiger partial charge is 0.335 e. The number of hydrogen-bond acceptors (Lipinski definition) is 6. The molecule has 31 heavy (non-hydrogen) atoms. The van der Waals surface area contributed by atoms with Crippen LogP contribution in [0.4, 0.5) is 5.69 Å². The molecule has 0 saturated heterocycles. The first-order valence-corrected chi connectivity index (χ1v) is 12.5. The predicted octanol–water partition coefficient (Wildman–Crippen LogP) is 1.84. The second-order valence-corrected chi connectivity index (χ2v) is 10.3. The van der Waals surface area contributed by atoms with Crippen molar-refractivity contribution < 1.29 is 13.2 Å². The summed E-state index contributed by atoms with van der Waals surface area (Å²) in [6.07, 6.45) is 4.76. The maximum absolute atomic E-state index is 13.1. The number of rotatable bonds is 4. The zero-order chi connectivity index (χ0) is 22.6. The van der Waals surface area contributed by atoms with E-state index in [2.05, 4.69) is 28.8 Å². The summed E-state index contributed by atoms with van der Waals surface area (Å²) in [6.45, 7) is 6.84. The molecule has 0 radical (unpaired) electrons. The molecule has 9 nitrogen and oxygen atoms in total. The minimum Gasteiger partial charge on any atom is -0.335 e. The van der Waals surface area contributed by atoms with Gasteiger partial charge in [-0.15, -0.1) is 0 Å². The fraction of sp³-hybridized carbons (Fsp3) is 0.550. The van der Waals surface area contributed by atoms with E-state index in [1.54, 1.807) is 23.1 Å². The van der Waals surface area contributed by atoms with E-state index in [0.29, 0.717) is 36.8 Å². The van der Waals surface area contributed by atoms with Gasteiger partial charge in [-0.3, -0.25) is 14.0 Å². The Labute approximate surface area is 188 Å². The topological polar surface area (TPSA) is 91.6 Å². The van der Waals surface area contributed by atoms with Gasteiger partial charge in [0.15, 0.2) is 0 Å². The second-order valence-electron chi connectivity index (χ2n) is 8.00. The standard InChI is InChI=1S/C20H29ClN6O3S/c1-16(2)24-7-4-8-27(31(3,29)30)19-11-18(21)6-5-17(19)12-25(10-9-24)20(28)13-26-15-22-14-23-26/h5-6,11,14-16H,4,7-10,12-13H2,1-3H3. The van der Waals surface area contributed by atoms with Crippen molar-refractivity contribution in [1.82, 2.24) is 24.6 Å². The number of carbonyl (C=O) groups excluding carboxylic acids is 1. The lowest BCUT2D eigenvalue weighted by molar-refractivity contribution is -0.133. The third kappa shape index (κ3) is 6.18. The van der Waals surface area contributed by atoms with E-state index in [0.717, 1.165) is 12.1 Å². The van der Waals surface area contributed by atoms with Gasteiger partial charge >= 0.3 is 0 Å². The molecule has 2 aromatic rings. The van der Waals surface area contributed by atoms with E-state index in [1.807, 2.05) is 0 Å². The van der Waals surface area contributed by atoms with Crippen LogP contribution in [0, 0.1) is 0 Å². The number of sulfonamides is 1. The fourth-order valence-corrected chi connectivity index (χ4v) is 4.87. The van der Waals surface area contributed by atoms with Gasteiger partial charge < -0.3 is 4.90 Å². The van der Waals surface area contributed by atoms with Gasteiger partial charge in [0, 0.05) is 43.8 Å². The Kier molecular flexibility index (Phi) is 7.55. The molecule has 0 atom stereocenters. The highest BCUT2D eigenvalue weighted by atomic mass is 35.5. The summed E-state index contributed by atoms with van der Waals surface area (Å²) in [5.74, 6) is -0.111. The molecule has 0 unspecified atom stereocenters. The van der Waals surface area contributed by atoms with Crippen LogP contribution in [0.25, 0.3) is 0 Å². The summed E-state index contributed by atoms with van der Waals surface area (Å²) in [5.41, 5.74) is 1.26. The molecule has 1 aliphatic heterocycles. The highest BCUT2D eigenvalue weighted by molar-refractivity contribution is 7.92. The third-order valence-corrected chi connectivity index (χ3v) is 6.80. The first kappa shape index (κ1) is 23.5. The van der Waals surface area contributed by atoms with Gasteiger partial charge in [0.25, 0.3) is 0 Å². The molecule has 170 valence electrons. The number of anilines is 1. The number of carbonyl (C=O) groups is 1. The van der Waals surface area contributed by atoms with E-state index < -0.39 is 10.0 Å². The van der Waals surface area contributed by atoms with Crippen LogP contribution >= 0.6 is 11.6 Å². The molecule has 1 aliphatic rings. The van der Waals surface area contributed by atoms with Crippen molar-refractivity contribution in [2.45, 2.75) is 39.4 Å². The number of halogens is 1. The number of amides is 1. The molecule has 3 rings (SSSR count). The molecular formula is C20H29ClN6O3S. The summed E-state index contributed by atoms with van der Waals surface area (Å²) in [7, 11) is -3.52. The van der Waals surface area contributed by atoms with Crippen LogP contribution in [0.2, 0.25) is 5.02 Å². The van der Waals surface area contributed by atoms with E-state index in [1.165, 1.54) is 27.9 Å². The second kappa shape index (κ2) is 9.97. The van der Waals surface area contributed by atoms with Crippen LogP contribution in [-0.4, -0.2) is 77.4 Å². The molecule has 11 heteroatoms.